The molecule has 0 aromatic heterocycles. The van der Waals surface area contributed by atoms with Gasteiger partial charge < -0.3 is 14.6 Å². The van der Waals surface area contributed by atoms with E-state index in [1.165, 1.54) is 0 Å². The van der Waals surface area contributed by atoms with Crippen LogP contribution in [0.15, 0.2) is 0 Å². The zero-order chi connectivity index (χ0) is 11.4. The van der Waals surface area contributed by atoms with Crippen molar-refractivity contribution in [1.29, 1.82) is 0 Å². The molecule has 2 heterocycles. The van der Waals surface area contributed by atoms with E-state index < -0.39 is 0 Å². The lowest BCUT2D eigenvalue weighted by Gasteiger charge is -2.29. The van der Waals surface area contributed by atoms with Gasteiger partial charge in [-0.2, -0.15) is 0 Å². The highest BCUT2D eigenvalue weighted by Gasteiger charge is 2.33. The topological polar surface area (TPSA) is 41.9 Å². The fraction of sp³-hybridized carbons (Fsp3) is 1.00. The average molecular weight is 229 g/mol. The van der Waals surface area contributed by atoms with E-state index in [1.54, 1.807) is 7.11 Å². The third-order valence-electron chi connectivity index (χ3n) is 3.87. The number of ether oxygens (including phenoxy) is 2. The van der Waals surface area contributed by atoms with Crippen molar-refractivity contribution in [3.8, 4) is 0 Å². The highest BCUT2D eigenvalue weighted by atomic mass is 16.5. The Morgan fingerprint density at radius 3 is 2.75 bits per heavy atom. The van der Waals surface area contributed by atoms with Crippen LogP contribution in [0.2, 0.25) is 0 Å². The van der Waals surface area contributed by atoms with E-state index in [2.05, 4.69) is 4.90 Å². The van der Waals surface area contributed by atoms with Gasteiger partial charge in [0.05, 0.1) is 12.7 Å². The molecule has 0 amide bonds. The van der Waals surface area contributed by atoms with Crippen LogP contribution in [-0.4, -0.2) is 62.2 Å². The molecule has 2 aliphatic rings. The van der Waals surface area contributed by atoms with Gasteiger partial charge in [-0.05, 0) is 25.2 Å². The summed E-state index contributed by atoms with van der Waals surface area (Å²) in [6, 6.07) is 0.299. The molecule has 0 spiro atoms. The second-order valence-corrected chi connectivity index (χ2v) is 4.94. The third-order valence-corrected chi connectivity index (χ3v) is 3.87. The van der Waals surface area contributed by atoms with Gasteiger partial charge in [-0.1, -0.05) is 0 Å². The van der Waals surface area contributed by atoms with Gasteiger partial charge in [-0.25, -0.2) is 0 Å². The summed E-state index contributed by atoms with van der Waals surface area (Å²) in [6.45, 7) is 4.11. The van der Waals surface area contributed by atoms with E-state index in [0.717, 1.165) is 51.5 Å². The number of rotatable bonds is 4. The molecule has 0 aromatic carbocycles. The van der Waals surface area contributed by atoms with Crippen LogP contribution in [0, 0.1) is 5.92 Å². The molecule has 2 aliphatic heterocycles. The van der Waals surface area contributed by atoms with Gasteiger partial charge in [0.15, 0.2) is 0 Å². The Kier molecular flexibility index (Phi) is 4.58. The van der Waals surface area contributed by atoms with Crippen molar-refractivity contribution in [2.24, 2.45) is 5.92 Å². The van der Waals surface area contributed by atoms with Crippen LogP contribution in [0.25, 0.3) is 0 Å². The molecule has 2 atom stereocenters. The molecule has 0 saturated carbocycles. The monoisotopic (exact) mass is 229 g/mol. The second-order valence-electron chi connectivity index (χ2n) is 4.94. The summed E-state index contributed by atoms with van der Waals surface area (Å²) in [5.74, 6) is 0.735. The number of hydrogen-bond donors (Lipinski definition) is 1. The summed E-state index contributed by atoms with van der Waals surface area (Å²) in [5, 5.41) is 9.36. The molecule has 2 rings (SSSR count). The Bertz CT molecular complexity index is 206. The predicted octanol–water partition coefficient (Wildman–Crippen LogP) is 0.495. The molecule has 4 nitrogen and oxygen atoms in total. The number of likely N-dealkylation sites (tertiary alicyclic amines) is 1. The lowest BCUT2D eigenvalue weighted by molar-refractivity contribution is 0.0437. The number of aliphatic hydroxyl groups is 1. The Morgan fingerprint density at radius 2 is 2.12 bits per heavy atom. The SMILES string of the molecule is CO[C@@H]1C[C@@H](CO)N(CC2CCOCC2)C1. The number of aliphatic hydroxyl groups excluding tert-OH is 1. The van der Waals surface area contributed by atoms with E-state index in [4.69, 9.17) is 9.47 Å². The average Bonchev–Trinajstić information content (AvgIpc) is 2.73. The van der Waals surface area contributed by atoms with Crippen LogP contribution in [0.5, 0.6) is 0 Å². The number of nitrogens with zero attached hydrogens (tertiary/aromatic N) is 1. The number of methoxy groups -OCH3 is 1. The van der Waals surface area contributed by atoms with Gasteiger partial charge in [-0.15, -0.1) is 0 Å². The maximum atomic E-state index is 9.36. The number of hydrogen-bond acceptors (Lipinski definition) is 4. The first-order valence-electron chi connectivity index (χ1n) is 6.29. The van der Waals surface area contributed by atoms with Gasteiger partial charge >= 0.3 is 0 Å². The van der Waals surface area contributed by atoms with Crippen molar-refractivity contribution in [3.05, 3.63) is 0 Å². The van der Waals surface area contributed by atoms with Crippen LogP contribution in [0.3, 0.4) is 0 Å². The van der Waals surface area contributed by atoms with E-state index in [-0.39, 0.29) is 6.61 Å². The summed E-state index contributed by atoms with van der Waals surface area (Å²) < 4.78 is 10.8. The third kappa shape index (κ3) is 2.94. The smallest absolute Gasteiger partial charge is 0.0714 e. The molecule has 0 radical (unpaired) electrons. The maximum absolute atomic E-state index is 9.36. The Hall–Kier alpha value is -0.160. The van der Waals surface area contributed by atoms with Crippen LogP contribution in [0.1, 0.15) is 19.3 Å². The zero-order valence-electron chi connectivity index (χ0n) is 10.1. The van der Waals surface area contributed by atoms with Crippen LogP contribution in [0.4, 0.5) is 0 Å². The molecule has 0 aromatic rings. The van der Waals surface area contributed by atoms with Crippen LogP contribution < -0.4 is 0 Å². The standard InChI is InChI=1S/C12H23NO3/c1-15-12-6-11(9-14)13(8-12)7-10-2-4-16-5-3-10/h10-12,14H,2-9H2,1H3/t11-,12+/m0/s1. The normalized spacial score (nSPS) is 33.4. The summed E-state index contributed by atoms with van der Waals surface area (Å²) in [4.78, 5) is 2.39. The van der Waals surface area contributed by atoms with Crippen LogP contribution in [-0.2, 0) is 9.47 Å². The molecule has 2 saturated heterocycles. The van der Waals surface area contributed by atoms with E-state index in [0.29, 0.717) is 12.1 Å². The Labute approximate surface area is 97.5 Å². The van der Waals surface area contributed by atoms with Crippen molar-refractivity contribution in [3.63, 3.8) is 0 Å². The highest BCUT2D eigenvalue weighted by Crippen LogP contribution is 2.24. The summed E-state index contributed by atoms with van der Waals surface area (Å²) in [6.07, 6.45) is 3.59. The quantitative estimate of drug-likeness (QED) is 0.762. The fourth-order valence-electron chi connectivity index (χ4n) is 2.78. The molecule has 2 fully saturated rings. The van der Waals surface area contributed by atoms with Crippen molar-refractivity contribution in [2.75, 3.05) is 40.0 Å². The molecule has 94 valence electrons. The van der Waals surface area contributed by atoms with E-state index in [1.807, 2.05) is 0 Å². The maximum Gasteiger partial charge on any atom is 0.0714 e. The minimum absolute atomic E-state index is 0.253. The molecule has 0 aliphatic carbocycles. The van der Waals surface area contributed by atoms with Crippen molar-refractivity contribution < 1.29 is 14.6 Å². The molecule has 0 bridgehead atoms. The molecular formula is C12H23NO3. The molecular weight excluding hydrogens is 206 g/mol. The summed E-state index contributed by atoms with van der Waals surface area (Å²) >= 11 is 0. The van der Waals surface area contributed by atoms with Crippen molar-refractivity contribution in [1.82, 2.24) is 4.90 Å². The van der Waals surface area contributed by atoms with Crippen LogP contribution >= 0.6 is 0 Å². The van der Waals surface area contributed by atoms with Gasteiger partial charge in [0, 0.05) is 39.5 Å². The van der Waals surface area contributed by atoms with Crippen molar-refractivity contribution >= 4 is 0 Å². The lowest BCUT2D eigenvalue weighted by Crippen LogP contribution is -2.38. The minimum atomic E-state index is 0.253. The highest BCUT2D eigenvalue weighted by molar-refractivity contribution is 4.87. The zero-order valence-corrected chi connectivity index (χ0v) is 10.1. The summed E-state index contributed by atoms with van der Waals surface area (Å²) in [5.41, 5.74) is 0. The second kappa shape index (κ2) is 5.96. The predicted molar refractivity (Wildman–Crippen MR) is 61.4 cm³/mol. The van der Waals surface area contributed by atoms with E-state index in [9.17, 15) is 5.11 Å². The van der Waals surface area contributed by atoms with E-state index >= 15 is 0 Å². The molecule has 0 unspecified atom stereocenters. The molecule has 16 heavy (non-hydrogen) atoms. The summed E-state index contributed by atoms with van der Waals surface area (Å²) in [7, 11) is 1.76. The first kappa shape index (κ1) is 12.3. The molecule has 4 heteroatoms. The first-order chi connectivity index (χ1) is 7.83. The Balaban J connectivity index is 1.82. The largest absolute Gasteiger partial charge is 0.395 e. The minimum Gasteiger partial charge on any atom is -0.395 e. The van der Waals surface area contributed by atoms with Crippen molar-refractivity contribution in [2.45, 2.75) is 31.4 Å². The molecule has 1 N–H and O–H groups in total. The van der Waals surface area contributed by atoms with Gasteiger partial charge in [-0.3, -0.25) is 4.90 Å². The fourth-order valence-corrected chi connectivity index (χ4v) is 2.78. The van der Waals surface area contributed by atoms with Gasteiger partial charge in [0.1, 0.15) is 0 Å². The van der Waals surface area contributed by atoms with Gasteiger partial charge in [0.2, 0.25) is 0 Å². The first-order valence-corrected chi connectivity index (χ1v) is 6.29. The van der Waals surface area contributed by atoms with Gasteiger partial charge in [0.25, 0.3) is 0 Å². The Morgan fingerprint density at radius 1 is 1.38 bits per heavy atom. The lowest BCUT2D eigenvalue weighted by atomic mass is 9.99.